The summed E-state index contributed by atoms with van der Waals surface area (Å²) >= 11 is 5.48. The summed E-state index contributed by atoms with van der Waals surface area (Å²) in [5.74, 6) is -0.573. The van der Waals surface area contributed by atoms with E-state index >= 15 is 0 Å². The Morgan fingerprint density at radius 1 is 1.46 bits per heavy atom. The molecule has 0 unspecified atom stereocenters. The number of nitrogens with one attached hydrogen (secondary N) is 1. The molecule has 11 heteroatoms. The van der Waals surface area contributed by atoms with Crippen molar-refractivity contribution >= 4 is 29.8 Å². The summed E-state index contributed by atoms with van der Waals surface area (Å²) < 4.78 is 21.2. The van der Waals surface area contributed by atoms with E-state index in [1.54, 1.807) is 0 Å². The van der Waals surface area contributed by atoms with E-state index in [1.165, 1.54) is 19.2 Å². The lowest BCUT2D eigenvalue weighted by Gasteiger charge is -2.20. The maximum atomic E-state index is 12.2. The Bertz CT molecular complexity index is 815. The summed E-state index contributed by atoms with van der Waals surface area (Å²) in [6.45, 7) is 1.06. The van der Waals surface area contributed by atoms with E-state index in [0.29, 0.717) is 0 Å². The summed E-state index contributed by atoms with van der Waals surface area (Å²) in [6.07, 6.45) is -0.666. The SMILES string of the molecule is COC(=O)OC[C@@H]1C[C@@H](OC(C)=O)[C@H](n2cc(C=CCl)c(=O)[nH]c2=O)O1. The quantitative estimate of drug-likeness (QED) is 0.732. The van der Waals surface area contributed by atoms with Crippen LogP contribution in [0.2, 0.25) is 0 Å². The number of ether oxygens (including phenoxy) is 4. The lowest BCUT2D eigenvalue weighted by Crippen LogP contribution is -2.37. The summed E-state index contributed by atoms with van der Waals surface area (Å²) in [6, 6.07) is 0. The Labute approximate surface area is 152 Å². The molecule has 0 amide bonds. The van der Waals surface area contributed by atoms with Crippen LogP contribution in [0.4, 0.5) is 4.79 Å². The van der Waals surface area contributed by atoms with Crippen molar-refractivity contribution in [1.82, 2.24) is 9.55 Å². The van der Waals surface area contributed by atoms with Crippen LogP contribution in [-0.4, -0.2) is 47.6 Å². The van der Waals surface area contributed by atoms with Crippen LogP contribution in [0.25, 0.3) is 6.08 Å². The highest BCUT2D eigenvalue weighted by atomic mass is 35.5. The van der Waals surface area contributed by atoms with Gasteiger partial charge in [-0.15, -0.1) is 0 Å². The molecule has 142 valence electrons. The average Bonchev–Trinajstić information content (AvgIpc) is 2.97. The van der Waals surface area contributed by atoms with Crippen molar-refractivity contribution in [2.45, 2.75) is 31.8 Å². The van der Waals surface area contributed by atoms with E-state index in [4.69, 9.17) is 25.8 Å². The van der Waals surface area contributed by atoms with Crippen LogP contribution in [-0.2, 0) is 23.7 Å². The number of H-pyrrole nitrogens is 1. The second-order valence-electron chi connectivity index (χ2n) is 5.34. The molecule has 26 heavy (non-hydrogen) atoms. The first-order valence-corrected chi connectivity index (χ1v) is 7.95. The van der Waals surface area contributed by atoms with Gasteiger partial charge >= 0.3 is 17.8 Å². The van der Waals surface area contributed by atoms with E-state index in [0.717, 1.165) is 17.2 Å². The Morgan fingerprint density at radius 2 is 2.19 bits per heavy atom. The minimum absolute atomic E-state index is 0.110. The number of hydrogen-bond acceptors (Lipinski definition) is 8. The molecule has 10 nitrogen and oxygen atoms in total. The molecule has 2 rings (SSSR count). The van der Waals surface area contributed by atoms with Crippen molar-refractivity contribution in [1.29, 1.82) is 0 Å². The molecule has 1 N–H and O–H groups in total. The van der Waals surface area contributed by atoms with Crippen molar-refractivity contribution in [2.75, 3.05) is 13.7 Å². The van der Waals surface area contributed by atoms with E-state index in [2.05, 4.69) is 9.72 Å². The molecule has 0 aliphatic carbocycles. The lowest BCUT2D eigenvalue weighted by atomic mass is 10.2. The summed E-state index contributed by atoms with van der Waals surface area (Å²) in [5, 5.41) is 0. The van der Waals surface area contributed by atoms with Gasteiger partial charge in [0.05, 0.1) is 18.8 Å². The standard InChI is InChI=1S/C15H17ClN2O8/c1-8(19)25-11-5-10(7-24-15(22)23-2)26-13(11)18-6-9(3-4-16)12(20)17-14(18)21/h3-4,6,10-11,13H,5,7H2,1-2H3,(H,17,20,21)/t10-,11+,13+/m0/s1. The van der Waals surface area contributed by atoms with Gasteiger partial charge in [0.1, 0.15) is 12.7 Å². The van der Waals surface area contributed by atoms with Crippen molar-refractivity contribution in [3.8, 4) is 0 Å². The first-order chi connectivity index (χ1) is 12.3. The molecule has 1 aromatic rings. The topological polar surface area (TPSA) is 126 Å². The highest BCUT2D eigenvalue weighted by Crippen LogP contribution is 2.30. The highest BCUT2D eigenvalue weighted by Gasteiger charge is 2.40. The van der Waals surface area contributed by atoms with Crippen LogP contribution in [0, 0.1) is 0 Å². The number of carbonyl (C=O) groups excluding carboxylic acids is 2. The number of aromatic nitrogens is 2. The fraction of sp³-hybridized carbons (Fsp3) is 0.467. The zero-order chi connectivity index (χ0) is 19.3. The Hall–Kier alpha value is -2.59. The number of rotatable bonds is 5. The molecule has 1 aliphatic heterocycles. The van der Waals surface area contributed by atoms with Gasteiger partial charge in [-0.25, -0.2) is 9.59 Å². The largest absolute Gasteiger partial charge is 0.508 e. The van der Waals surface area contributed by atoms with Crippen LogP contribution >= 0.6 is 11.6 Å². The zero-order valence-electron chi connectivity index (χ0n) is 14.0. The van der Waals surface area contributed by atoms with Gasteiger partial charge in [0.15, 0.2) is 6.23 Å². The maximum absolute atomic E-state index is 12.2. The lowest BCUT2D eigenvalue weighted by molar-refractivity contribution is -0.152. The third kappa shape index (κ3) is 4.73. The van der Waals surface area contributed by atoms with Gasteiger partial charge in [0.25, 0.3) is 5.56 Å². The summed E-state index contributed by atoms with van der Waals surface area (Å²) in [5.41, 5.74) is -0.154. The zero-order valence-corrected chi connectivity index (χ0v) is 14.7. The fourth-order valence-electron chi connectivity index (χ4n) is 2.48. The van der Waals surface area contributed by atoms with Crippen molar-refractivity contribution in [3.63, 3.8) is 0 Å². The third-order valence-electron chi connectivity index (χ3n) is 3.53. The van der Waals surface area contributed by atoms with E-state index in [1.807, 2.05) is 0 Å². The second-order valence-corrected chi connectivity index (χ2v) is 5.59. The molecule has 2 heterocycles. The normalized spacial score (nSPS) is 22.3. The monoisotopic (exact) mass is 388 g/mol. The fourth-order valence-corrected chi connectivity index (χ4v) is 2.62. The van der Waals surface area contributed by atoms with Crippen molar-refractivity contribution in [3.05, 3.63) is 38.1 Å². The molecule has 0 aromatic carbocycles. The van der Waals surface area contributed by atoms with Crippen LogP contribution in [0.1, 0.15) is 25.1 Å². The summed E-state index contributed by atoms with van der Waals surface area (Å²) in [4.78, 5) is 48.5. The Balaban J connectivity index is 2.30. The molecular weight excluding hydrogens is 372 g/mol. The smallest absolute Gasteiger partial charge is 0.458 e. The van der Waals surface area contributed by atoms with Gasteiger partial charge in [-0.1, -0.05) is 11.6 Å². The van der Waals surface area contributed by atoms with Crippen LogP contribution < -0.4 is 11.2 Å². The summed E-state index contributed by atoms with van der Waals surface area (Å²) in [7, 11) is 1.16. The van der Waals surface area contributed by atoms with Gasteiger partial charge in [-0.2, -0.15) is 0 Å². The molecule has 1 fully saturated rings. The average molecular weight is 389 g/mol. The molecule has 3 atom stereocenters. The van der Waals surface area contributed by atoms with Gasteiger partial charge in [0, 0.05) is 25.1 Å². The molecule has 0 saturated carbocycles. The van der Waals surface area contributed by atoms with Crippen LogP contribution in [0.15, 0.2) is 21.3 Å². The molecule has 0 radical (unpaired) electrons. The Kier molecular flexibility index (Phi) is 6.58. The number of aromatic amines is 1. The van der Waals surface area contributed by atoms with Gasteiger partial charge in [-0.05, 0) is 6.08 Å². The predicted molar refractivity (Wildman–Crippen MR) is 88.6 cm³/mol. The maximum Gasteiger partial charge on any atom is 0.508 e. The molecular formula is C15H17ClN2O8. The van der Waals surface area contributed by atoms with E-state index < -0.39 is 41.8 Å². The molecule has 0 bridgehead atoms. The Morgan fingerprint density at radius 3 is 2.81 bits per heavy atom. The van der Waals surface area contributed by atoms with Gasteiger partial charge in [0.2, 0.25) is 0 Å². The van der Waals surface area contributed by atoms with Crippen molar-refractivity contribution < 1.29 is 28.5 Å². The number of carbonyl (C=O) groups is 2. The number of nitrogens with zero attached hydrogens (tertiary/aromatic N) is 1. The number of halogens is 1. The van der Waals surface area contributed by atoms with Crippen molar-refractivity contribution in [2.24, 2.45) is 0 Å². The molecule has 1 aliphatic rings. The van der Waals surface area contributed by atoms with Gasteiger partial charge in [-0.3, -0.25) is 19.1 Å². The van der Waals surface area contributed by atoms with Gasteiger partial charge < -0.3 is 18.9 Å². The predicted octanol–water partition coefficient (Wildman–Crippen LogP) is 0.748. The van der Waals surface area contributed by atoms with E-state index in [-0.39, 0.29) is 18.6 Å². The number of hydrogen-bond donors (Lipinski definition) is 1. The highest BCUT2D eigenvalue weighted by molar-refractivity contribution is 6.27. The van der Waals surface area contributed by atoms with Crippen LogP contribution in [0.5, 0.6) is 0 Å². The van der Waals surface area contributed by atoms with E-state index in [9.17, 15) is 19.2 Å². The molecule has 1 aromatic heterocycles. The first kappa shape index (κ1) is 19.7. The minimum Gasteiger partial charge on any atom is -0.458 e. The first-order valence-electron chi connectivity index (χ1n) is 7.51. The number of methoxy groups -OCH3 is 1. The number of esters is 1. The molecule has 1 saturated heterocycles. The third-order valence-corrected chi connectivity index (χ3v) is 3.65. The second kappa shape index (κ2) is 8.68. The van der Waals surface area contributed by atoms with Crippen LogP contribution in [0.3, 0.4) is 0 Å². The minimum atomic E-state index is -1.02. The molecule has 0 spiro atoms.